The summed E-state index contributed by atoms with van der Waals surface area (Å²) in [5.74, 6) is -0.556. The van der Waals surface area contributed by atoms with Gasteiger partial charge in [0.25, 0.3) is 5.91 Å². The molecule has 8 heteroatoms. The Hall–Kier alpha value is -3.26. The largest absolute Gasteiger partial charge is 0.482 e. The minimum Gasteiger partial charge on any atom is -0.482 e. The first-order chi connectivity index (χ1) is 14.0. The fraction of sp³-hybridized carbons (Fsp3) is 0.238. The van der Waals surface area contributed by atoms with Gasteiger partial charge in [-0.2, -0.15) is 0 Å². The highest BCUT2D eigenvalue weighted by molar-refractivity contribution is 7.18. The number of hydrogen-bond donors (Lipinski definition) is 0. The number of benzene rings is 2. The molecular weight excluding hydrogens is 392 g/mol. The second-order valence-electron chi connectivity index (χ2n) is 6.34. The number of esters is 1. The van der Waals surface area contributed by atoms with Crippen LogP contribution >= 0.6 is 11.3 Å². The normalized spacial score (nSPS) is 11.7. The first-order valence-corrected chi connectivity index (χ1v) is 9.74. The summed E-state index contributed by atoms with van der Waals surface area (Å²) in [6.07, 6.45) is 0.718. The monoisotopic (exact) mass is 412 g/mol. The van der Waals surface area contributed by atoms with Crippen LogP contribution in [0, 0.1) is 0 Å². The number of carbonyl (C=O) groups is 3. The van der Waals surface area contributed by atoms with E-state index >= 15 is 0 Å². The Morgan fingerprint density at radius 2 is 1.86 bits per heavy atom. The Balaban J connectivity index is 1.48. The average Bonchev–Trinajstić information content (AvgIpc) is 3.19. The molecule has 1 aromatic heterocycles. The maximum absolute atomic E-state index is 12.4. The van der Waals surface area contributed by atoms with Crippen LogP contribution in [0.3, 0.4) is 0 Å². The fourth-order valence-electron chi connectivity index (χ4n) is 2.52. The number of carbonyl (C=O) groups excluding carboxylic acids is 3. The molecular formula is C21H20N2O5S. The third-order valence-corrected chi connectivity index (χ3v) is 5.58. The van der Waals surface area contributed by atoms with Gasteiger partial charge in [-0.1, -0.05) is 12.1 Å². The maximum atomic E-state index is 12.4. The van der Waals surface area contributed by atoms with Gasteiger partial charge in [0.2, 0.25) is 0 Å². The molecule has 0 spiro atoms. The minimum atomic E-state index is -0.654. The SMILES string of the molecule is C[C@@H](c1nc2ccccc2s1)N(C)C(=O)COC(=O)COc1ccc(C=O)cc1. The van der Waals surface area contributed by atoms with Crippen molar-refractivity contribution in [1.29, 1.82) is 0 Å². The number of likely N-dealkylation sites (N-methyl/N-ethyl adjacent to an activating group) is 1. The summed E-state index contributed by atoms with van der Waals surface area (Å²) >= 11 is 1.53. The molecule has 3 rings (SSSR count). The van der Waals surface area contributed by atoms with E-state index in [1.807, 2.05) is 31.2 Å². The highest BCUT2D eigenvalue weighted by Gasteiger charge is 2.21. The second kappa shape index (κ2) is 9.29. The summed E-state index contributed by atoms with van der Waals surface area (Å²) < 4.78 is 11.4. The first kappa shape index (κ1) is 20.5. The van der Waals surface area contributed by atoms with Crippen molar-refractivity contribution in [1.82, 2.24) is 9.88 Å². The van der Waals surface area contributed by atoms with E-state index in [1.165, 1.54) is 16.2 Å². The lowest BCUT2D eigenvalue weighted by Crippen LogP contribution is -2.34. The van der Waals surface area contributed by atoms with Gasteiger partial charge in [0.15, 0.2) is 13.2 Å². The molecule has 1 amide bonds. The average molecular weight is 412 g/mol. The van der Waals surface area contributed by atoms with Crippen LogP contribution in [0.2, 0.25) is 0 Å². The molecule has 0 aliphatic carbocycles. The van der Waals surface area contributed by atoms with E-state index in [0.717, 1.165) is 21.5 Å². The van der Waals surface area contributed by atoms with E-state index in [1.54, 1.807) is 31.3 Å². The van der Waals surface area contributed by atoms with E-state index in [4.69, 9.17) is 9.47 Å². The lowest BCUT2D eigenvalue weighted by molar-refractivity contribution is -0.153. The zero-order valence-corrected chi connectivity index (χ0v) is 16.8. The van der Waals surface area contributed by atoms with Crippen molar-refractivity contribution in [3.63, 3.8) is 0 Å². The zero-order chi connectivity index (χ0) is 20.8. The van der Waals surface area contributed by atoms with E-state index < -0.39 is 5.97 Å². The molecule has 0 aliphatic heterocycles. The fourth-order valence-corrected chi connectivity index (χ4v) is 3.58. The highest BCUT2D eigenvalue weighted by Crippen LogP contribution is 2.28. The number of fused-ring (bicyclic) bond motifs is 1. The lowest BCUT2D eigenvalue weighted by Gasteiger charge is -2.23. The summed E-state index contributed by atoms with van der Waals surface area (Å²) in [6, 6.07) is 13.9. The predicted octanol–water partition coefficient (Wildman–Crippen LogP) is 3.25. The van der Waals surface area contributed by atoms with Crippen LogP contribution < -0.4 is 4.74 Å². The van der Waals surface area contributed by atoms with E-state index in [-0.39, 0.29) is 25.2 Å². The Kier molecular flexibility index (Phi) is 6.56. The number of amides is 1. The highest BCUT2D eigenvalue weighted by atomic mass is 32.1. The van der Waals surface area contributed by atoms with E-state index in [0.29, 0.717) is 11.3 Å². The van der Waals surface area contributed by atoms with Crippen molar-refractivity contribution in [3.8, 4) is 5.75 Å². The van der Waals surface area contributed by atoms with Crippen molar-refractivity contribution in [2.75, 3.05) is 20.3 Å². The summed E-state index contributed by atoms with van der Waals surface area (Å²) in [4.78, 5) is 40.9. The van der Waals surface area contributed by atoms with Crippen molar-refractivity contribution in [3.05, 3.63) is 59.1 Å². The number of rotatable bonds is 8. The summed E-state index contributed by atoms with van der Waals surface area (Å²) in [5, 5.41) is 0.815. The molecule has 1 atom stereocenters. The van der Waals surface area contributed by atoms with Crippen molar-refractivity contribution < 1.29 is 23.9 Å². The number of aldehydes is 1. The third kappa shape index (κ3) is 5.17. The maximum Gasteiger partial charge on any atom is 0.344 e. The molecule has 0 bridgehead atoms. The summed E-state index contributed by atoms with van der Waals surface area (Å²) in [6.45, 7) is 1.17. The van der Waals surface area contributed by atoms with Crippen LogP contribution in [0.5, 0.6) is 5.75 Å². The predicted molar refractivity (Wildman–Crippen MR) is 109 cm³/mol. The Bertz CT molecular complexity index is 982. The third-order valence-electron chi connectivity index (χ3n) is 4.37. The van der Waals surface area contributed by atoms with Gasteiger partial charge >= 0.3 is 5.97 Å². The zero-order valence-electron chi connectivity index (χ0n) is 16.0. The van der Waals surface area contributed by atoms with Gasteiger partial charge in [-0.3, -0.25) is 9.59 Å². The first-order valence-electron chi connectivity index (χ1n) is 8.92. The minimum absolute atomic E-state index is 0.244. The summed E-state index contributed by atoms with van der Waals surface area (Å²) in [7, 11) is 1.65. The molecule has 7 nitrogen and oxygen atoms in total. The molecule has 0 saturated heterocycles. The van der Waals surface area contributed by atoms with Gasteiger partial charge < -0.3 is 14.4 Å². The Morgan fingerprint density at radius 1 is 1.14 bits per heavy atom. The van der Waals surface area contributed by atoms with Crippen LogP contribution in [-0.2, 0) is 14.3 Å². The van der Waals surface area contributed by atoms with Gasteiger partial charge in [0, 0.05) is 12.6 Å². The molecule has 0 N–H and O–H groups in total. The second-order valence-corrected chi connectivity index (χ2v) is 7.40. The van der Waals surface area contributed by atoms with Crippen LogP contribution in [0.25, 0.3) is 10.2 Å². The molecule has 150 valence electrons. The molecule has 29 heavy (non-hydrogen) atoms. The van der Waals surface area contributed by atoms with E-state index in [2.05, 4.69) is 4.98 Å². The molecule has 0 fully saturated rings. The number of ether oxygens (including phenoxy) is 2. The van der Waals surface area contributed by atoms with Crippen molar-refractivity contribution in [2.24, 2.45) is 0 Å². The molecule has 0 radical (unpaired) electrons. The molecule has 0 aliphatic rings. The van der Waals surface area contributed by atoms with Gasteiger partial charge in [-0.15, -0.1) is 11.3 Å². The number of para-hydroxylation sites is 1. The van der Waals surface area contributed by atoms with Crippen molar-refractivity contribution in [2.45, 2.75) is 13.0 Å². The molecule has 3 aromatic rings. The quantitative estimate of drug-likeness (QED) is 0.417. The number of aromatic nitrogens is 1. The van der Waals surface area contributed by atoms with Crippen LogP contribution in [0.4, 0.5) is 0 Å². The molecule has 0 saturated carbocycles. The van der Waals surface area contributed by atoms with Crippen LogP contribution in [0.15, 0.2) is 48.5 Å². The number of thiazole rings is 1. The topological polar surface area (TPSA) is 85.8 Å². The van der Waals surface area contributed by atoms with Crippen molar-refractivity contribution >= 4 is 39.7 Å². The Labute approximate surface area is 171 Å². The van der Waals surface area contributed by atoms with Gasteiger partial charge in [0.1, 0.15) is 17.0 Å². The van der Waals surface area contributed by atoms with Crippen LogP contribution in [-0.4, -0.2) is 48.3 Å². The summed E-state index contributed by atoms with van der Waals surface area (Å²) in [5.41, 5.74) is 1.40. The molecule has 1 heterocycles. The lowest BCUT2D eigenvalue weighted by atomic mass is 10.2. The Morgan fingerprint density at radius 3 is 2.55 bits per heavy atom. The number of nitrogens with zero attached hydrogens (tertiary/aromatic N) is 2. The smallest absolute Gasteiger partial charge is 0.344 e. The van der Waals surface area contributed by atoms with Gasteiger partial charge in [-0.25, -0.2) is 9.78 Å². The van der Waals surface area contributed by atoms with Crippen LogP contribution in [0.1, 0.15) is 28.3 Å². The van der Waals surface area contributed by atoms with Gasteiger partial charge in [0.05, 0.1) is 16.3 Å². The van der Waals surface area contributed by atoms with Gasteiger partial charge in [-0.05, 0) is 43.3 Å². The molecule has 2 aromatic carbocycles. The number of hydrogen-bond acceptors (Lipinski definition) is 7. The molecule has 0 unspecified atom stereocenters. The standard InChI is InChI=1S/C21H20N2O5S/c1-14(21-22-17-5-3-4-6-18(17)29-21)23(2)19(25)12-28-20(26)13-27-16-9-7-15(11-24)8-10-16/h3-11,14H,12-13H2,1-2H3/t14-/m0/s1. The van der Waals surface area contributed by atoms with E-state index in [9.17, 15) is 14.4 Å².